The molecule has 172 valence electrons. The summed E-state index contributed by atoms with van der Waals surface area (Å²) >= 11 is 0. The summed E-state index contributed by atoms with van der Waals surface area (Å²) in [5.74, 6) is 7.44. The summed E-state index contributed by atoms with van der Waals surface area (Å²) in [4.78, 5) is 4.14. The van der Waals surface area contributed by atoms with Gasteiger partial charge in [0.05, 0.1) is 26.4 Å². The molecule has 1 saturated heterocycles. The van der Waals surface area contributed by atoms with E-state index in [1.165, 1.54) is 0 Å². The van der Waals surface area contributed by atoms with Crippen LogP contribution >= 0.6 is 0 Å². The van der Waals surface area contributed by atoms with Gasteiger partial charge in [0, 0.05) is 18.0 Å². The Labute approximate surface area is 193 Å². The number of aliphatic hydroxyl groups excluding tert-OH is 2. The summed E-state index contributed by atoms with van der Waals surface area (Å²) in [5, 5.41) is 19.6. The number of aliphatic hydroxyl groups is 2. The number of rotatable bonds is 7. The van der Waals surface area contributed by atoms with Crippen LogP contribution in [0.2, 0.25) is 0 Å². The van der Waals surface area contributed by atoms with Gasteiger partial charge in [-0.2, -0.15) is 0 Å². The summed E-state index contributed by atoms with van der Waals surface area (Å²) < 4.78 is 18.5. The lowest BCUT2D eigenvalue weighted by atomic mass is 10.0. The molecule has 0 saturated carbocycles. The highest BCUT2D eigenvalue weighted by Crippen LogP contribution is 2.23. The van der Waals surface area contributed by atoms with Gasteiger partial charge in [-0.05, 0) is 42.3 Å². The number of aromatic nitrogens is 2. The van der Waals surface area contributed by atoms with Gasteiger partial charge in [0.2, 0.25) is 0 Å². The van der Waals surface area contributed by atoms with Gasteiger partial charge in [-0.15, -0.1) is 0 Å². The molecule has 2 N–H and O–H groups in total. The predicted octanol–water partition coefficient (Wildman–Crippen LogP) is 2.98. The molecule has 4 rings (SSSR count). The summed E-state index contributed by atoms with van der Waals surface area (Å²) in [6.45, 7) is 3.76. The molecule has 7 heteroatoms. The Hall–Kier alpha value is -3.15. The molecule has 1 aliphatic heterocycles. The van der Waals surface area contributed by atoms with Crippen LogP contribution < -0.4 is 4.74 Å². The molecule has 33 heavy (non-hydrogen) atoms. The maximum absolute atomic E-state index is 9.84. The van der Waals surface area contributed by atoms with Crippen LogP contribution in [0, 0.1) is 11.8 Å². The Kier molecular flexibility index (Phi) is 7.76. The topological polar surface area (TPSA) is 86.0 Å². The Morgan fingerprint density at radius 3 is 2.48 bits per heavy atom. The summed E-state index contributed by atoms with van der Waals surface area (Å²) in [6, 6.07) is 15.4. The van der Waals surface area contributed by atoms with Crippen molar-refractivity contribution in [3.05, 3.63) is 72.3 Å². The number of hydrogen-bond acceptors (Lipinski definition) is 6. The molecular weight excluding hydrogens is 420 g/mol. The Morgan fingerprint density at radius 2 is 1.85 bits per heavy atom. The van der Waals surface area contributed by atoms with Crippen molar-refractivity contribution < 1.29 is 24.4 Å². The van der Waals surface area contributed by atoms with Crippen molar-refractivity contribution in [1.82, 2.24) is 9.55 Å². The van der Waals surface area contributed by atoms with E-state index in [-0.39, 0.29) is 12.7 Å². The van der Waals surface area contributed by atoms with Crippen LogP contribution in [-0.2, 0) is 9.47 Å². The monoisotopic (exact) mass is 448 g/mol. The van der Waals surface area contributed by atoms with Crippen LogP contribution in [0.4, 0.5) is 0 Å². The van der Waals surface area contributed by atoms with Crippen molar-refractivity contribution in [3.63, 3.8) is 0 Å². The molecule has 1 aromatic heterocycles. The standard InChI is InChI=1S/C26H28N2O5/c1-19(30)26-27-12-13-28(26)23(16-29)9-4-20-2-5-21(6-3-20)22-7-10-24(11-8-22)33-18-25-17-31-14-15-32-25/h2-3,5-8,10-13,19,23,25,29-30H,14-18H2,1H3/t19-,23-,25?/m0/s1. The van der Waals surface area contributed by atoms with Gasteiger partial charge in [0.1, 0.15) is 36.4 Å². The lowest BCUT2D eigenvalue weighted by molar-refractivity contribution is -0.101. The summed E-state index contributed by atoms with van der Waals surface area (Å²) in [6.07, 6.45) is 2.55. The number of nitrogens with zero attached hydrogens (tertiary/aromatic N) is 2. The van der Waals surface area contributed by atoms with E-state index in [4.69, 9.17) is 14.2 Å². The minimum atomic E-state index is -0.735. The molecule has 0 spiro atoms. The van der Waals surface area contributed by atoms with Gasteiger partial charge >= 0.3 is 0 Å². The maximum atomic E-state index is 9.84. The molecule has 0 radical (unpaired) electrons. The quantitative estimate of drug-likeness (QED) is 0.541. The average Bonchev–Trinajstić information content (AvgIpc) is 3.35. The Balaban J connectivity index is 1.38. The van der Waals surface area contributed by atoms with Crippen LogP contribution in [0.1, 0.15) is 30.5 Å². The second-order valence-electron chi connectivity index (χ2n) is 7.82. The fourth-order valence-electron chi connectivity index (χ4n) is 3.59. The maximum Gasteiger partial charge on any atom is 0.138 e. The van der Waals surface area contributed by atoms with Crippen LogP contribution in [-0.4, -0.2) is 58.9 Å². The Bertz CT molecular complexity index is 1070. The third kappa shape index (κ3) is 6.01. The zero-order chi connectivity index (χ0) is 23.0. The molecule has 2 heterocycles. The number of ether oxygens (including phenoxy) is 3. The van der Waals surface area contributed by atoms with Gasteiger partial charge in [-0.1, -0.05) is 36.1 Å². The average molecular weight is 449 g/mol. The number of hydrogen-bond donors (Lipinski definition) is 2. The van der Waals surface area contributed by atoms with Crippen molar-refractivity contribution in [2.45, 2.75) is 25.2 Å². The first-order chi connectivity index (χ1) is 16.1. The van der Waals surface area contributed by atoms with Crippen LogP contribution in [0.25, 0.3) is 11.1 Å². The smallest absolute Gasteiger partial charge is 0.138 e. The minimum Gasteiger partial charge on any atom is -0.491 e. The van der Waals surface area contributed by atoms with Gasteiger partial charge in [0.15, 0.2) is 0 Å². The first kappa shape index (κ1) is 23.0. The van der Waals surface area contributed by atoms with Crippen molar-refractivity contribution in [2.24, 2.45) is 0 Å². The van der Waals surface area contributed by atoms with E-state index >= 15 is 0 Å². The van der Waals surface area contributed by atoms with E-state index in [9.17, 15) is 10.2 Å². The lowest BCUT2D eigenvalue weighted by Crippen LogP contribution is -2.33. The second-order valence-corrected chi connectivity index (χ2v) is 7.82. The van der Waals surface area contributed by atoms with Crippen molar-refractivity contribution in [2.75, 3.05) is 33.0 Å². The van der Waals surface area contributed by atoms with E-state index in [0.29, 0.717) is 32.3 Å². The molecule has 0 aliphatic carbocycles. The highest BCUT2D eigenvalue weighted by atomic mass is 16.6. The van der Waals surface area contributed by atoms with Crippen molar-refractivity contribution >= 4 is 0 Å². The predicted molar refractivity (Wildman–Crippen MR) is 124 cm³/mol. The Morgan fingerprint density at radius 1 is 1.12 bits per heavy atom. The molecule has 2 aromatic carbocycles. The summed E-state index contributed by atoms with van der Waals surface area (Å²) in [5.41, 5.74) is 2.98. The van der Waals surface area contributed by atoms with Crippen molar-refractivity contribution in [1.29, 1.82) is 0 Å². The number of imidazole rings is 1. The highest BCUT2D eigenvalue weighted by Gasteiger charge is 2.16. The van der Waals surface area contributed by atoms with Crippen molar-refractivity contribution in [3.8, 4) is 28.7 Å². The second kappa shape index (κ2) is 11.1. The minimum absolute atomic E-state index is 0.0232. The van der Waals surface area contributed by atoms with E-state index in [1.807, 2.05) is 48.5 Å². The molecular formula is C26H28N2O5. The SMILES string of the molecule is C[C@H](O)c1nccn1[C@@H](C#Cc1ccc(-c2ccc(OCC3COCCO3)cc2)cc1)CO. The number of benzene rings is 2. The third-order valence-corrected chi connectivity index (χ3v) is 5.36. The van der Waals surface area contributed by atoms with Gasteiger partial charge in [-0.25, -0.2) is 4.98 Å². The van der Waals surface area contributed by atoms with Gasteiger partial charge in [0.25, 0.3) is 0 Å². The first-order valence-electron chi connectivity index (χ1n) is 11.0. The summed E-state index contributed by atoms with van der Waals surface area (Å²) in [7, 11) is 0. The van der Waals surface area contributed by atoms with Gasteiger partial charge < -0.3 is 29.0 Å². The van der Waals surface area contributed by atoms with E-state index in [2.05, 4.69) is 16.8 Å². The normalized spacial score (nSPS) is 17.6. The molecule has 0 amide bonds. The molecule has 1 aliphatic rings. The molecule has 7 nitrogen and oxygen atoms in total. The zero-order valence-corrected chi connectivity index (χ0v) is 18.6. The molecule has 0 bridgehead atoms. The molecule has 3 atom stereocenters. The molecule has 1 unspecified atom stereocenters. The van der Waals surface area contributed by atoms with Crippen LogP contribution in [0.5, 0.6) is 5.75 Å². The fraction of sp³-hybridized carbons (Fsp3) is 0.346. The molecule has 3 aromatic rings. The van der Waals surface area contributed by atoms with E-state index in [0.717, 1.165) is 22.4 Å². The van der Waals surface area contributed by atoms with E-state index in [1.54, 1.807) is 23.9 Å². The van der Waals surface area contributed by atoms with E-state index < -0.39 is 12.1 Å². The van der Waals surface area contributed by atoms with Gasteiger partial charge in [-0.3, -0.25) is 0 Å². The lowest BCUT2D eigenvalue weighted by Gasteiger charge is -2.22. The molecule has 1 fully saturated rings. The largest absolute Gasteiger partial charge is 0.491 e. The van der Waals surface area contributed by atoms with Crippen LogP contribution in [0.15, 0.2) is 60.9 Å². The third-order valence-electron chi connectivity index (χ3n) is 5.36. The highest BCUT2D eigenvalue weighted by molar-refractivity contribution is 5.65. The fourth-order valence-corrected chi connectivity index (χ4v) is 3.59. The van der Waals surface area contributed by atoms with Crippen LogP contribution in [0.3, 0.4) is 0 Å². The zero-order valence-electron chi connectivity index (χ0n) is 18.6. The first-order valence-corrected chi connectivity index (χ1v) is 11.0.